The van der Waals surface area contributed by atoms with Gasteiger partial charge < -0.3 is 5.11 Å². The summed E-state index contributed by atoms with van der Waals surface area (Å²) in [6.07, 6.45) is 2.66. The normalized spacial score (nSPS) is 44.0. The molecule has 0 unspecified atom stereocenters. The lowest BCUT2D eigenvalue weighted by atomic mass is 9.50. The van der Waals surface area contributed by atoms with E-state index in [-0.39, 0.29) is 24.0 Å². The molecule has 1 N–H and O–H groups in total. The van der Waals surface area contributed by atoms with Crippen molar-refractivity contribution in [3.05, 3.63) is 12.2 Å². The number of ketones is 1. The zero-order valence-corrected chi connectivity index (χ0v) is 11.2. The minimum atomic E-state index is -1.02. The van der Waals surface area contributed by atoms with Gasteiger partial charge in [-0.15, -0.1) is 0 Å². The van der Waals surface area contributed by atoms with Gasteiger partial charge in [-0.3, -0.25) is 4.79 Å². The molecule has 0 aromatic carbocycles. The van der Waals surface area contributed by atoms with E-state index in [1.54, 1.807) is 0 Å². The summed E-state index contributed by atoms with van der Waals surface area (Å²) in [5.41, 5.74) is -0.463. The molecule has 0 aromatic rings. The molecule has 0 saturated heterocycles. The van der Waals surface area contributed by atoms with Gasteiger partial charge >= 0.3 is 0 Å². The highest BCUT2D eigenvalue weighted by Crippen LogP contribution is 2.57. The third kappa shape index (κ3) is 1.80. The van der Waals surface area contributed by atoms with Crippen molar-refractivity contribution >= 4 is 5.78 Å². The van der Waals surface area contributed by atoms with Crippen molar-refractivity contribution in [1.29, 1.82) is 5.26 Å². The lowest BCUT2D eigenvalue weighted by Crippen LogP contribution is -2.58. The predicted octanol–water partition coefficient (Wildman–Crippen LogP) is 2.60. The minimum Gasteiger partial charge on any atom is -0.389 e. The van der Waals surface area contributed by atoms with Crippen molar-refractivity contribution < 1.29 is 9.90 Å². The van der Waals surface area contributed by atoms with Crippen LogP contribution in [0.3, 0.4) is 0 Å². The molecule has 18 heavy (non-hydrogen) atoms. The molecule has 4 atom stereocenters. The Kier molecular flexibility index (Phi) is 3.11. The average molecular weight is 247 g/mol. The molecule has 2 saturated carbocycles. The van der Waals surface area contributed by atoms with Crippen LogP contribution in [-0.2, 0) is 4.79 Å². The van der Waals surface area contributed by atoms with Crippen molar-refractivity contribution in [3.8, 4) is 6.07 Å². The summed E-state index contributed by atoms with van der Waals surface area (Å²) in [7, 11) is 0. The van der Waals surface area contributed by atoms with Gasteiger partial charge in [0.05, 0.1) is 17.6 Å². The van der Waals surface area contributed by atoms with Gasteiger partial charge in [-0.2, -0.15) is 5.26 Å². The highest BCUT2D eigenvalue weighted by Gasteiger charge is 2.58. The van der Waals surface area contributed by atoms with Crippen LogP contribution in [-0.4, -0.2) is 16.5 Å². The maximum Gasteiger partial charge on any atom is 0.135 e. The number of fused-ring (bicyclic) bond motifs is 1. The summed E-state index contributed by atoms with van der Waals surface area (Å²) in [6.45, 7) is 7.87. The lowest BCUT2D eigenvalue weighted by Gasteiger charge is -2.55. The van der Waals surface area contributed by atoms with E-state index in [1.807, 2.05) is 13.8 Å². The molecule has 2 fully saturated rings. The topological polar surface area (TPSA) is 61.1 Å². The molecule has 0 amide bonds. The van der Waals surface area contributed by atoms with Crippen LogP contribution in [0.2, 0.25) is 0 Å². The summed E-state index contributed by atoms with van der Waals surface area (Å²) in [6, 6.07) is 2.36. The Hall–Kier alpha value is -1.14. The van der Waals surface area contributed by atoms with Gasteiger partial charge in [0.25, 0.3) is 0 Å². The van der Waals surface area contributed by atoms with E-state index in [1.165, 1.54) is 0 Å². The number of hydrogen-bond acceptors (Lipinski definition) is 3. The molecule has 0 aliphatic heterocycles. The van der Waals surface area contributed by atoms with Crippen LogP contribution in [0.4, 0.5) is 0 Å². The zero-order valence-electron chi connectivity index (χ0n) is 11.2. The van der Waals surface area contributed by atoms with Crippen LogP contribution in [0.1, 0.15) is 46.0 Å². The van der Waals surface area contributed by atoms with Crippen molar-refractivity contribution in [2.75, 3.05) is 0 Å². The summed E-state index contributed by atoms with van der Waals surface area (Å²) in [4.78, 5) is 11.7. The van der Waals surface area contributed by atoms with Crippen LogP contribution in [0.5, 0.6) is 0 Å². The summed E-state index contributed by atoms with van der Waals surface area (Å²) >= 11 is 0. The van der Waals surface area contributed by atoms with Gasteiger partial charge in [-0.1, -0.05) is 19.1 Å². The number of rotatable bonds is 1. The number of allylic oxidation sites excluding steroid dienone is 1. The number of aliphatic hydroxyl groups is 1. The minimum absolute atomic E-state index is 0.119. The monoisotopic (exact) mass is 247 g/mol. The van der Waals surface area contributed by atoms with Gasteiger partial charge in [0.15, 0.2) is 0 Å². The molecule has 2 aliphatic carbocycles. The first-order valence-corrected chi connectivity index (χ1v) is 6.61. The van der Waals surface area contributed by atoms with Crippen molar-refractivity contribution in [3.63, 3.8) is 0 Å². The molecule has 98 valence electrons. The van der Waals surface area contributed by atoms with E-state index < -0.39 is 11.0 Å². The average Bonchev–Trinajstić information content (AvgIpc) is 2.29. The molecule has 2 aliphatic rings. The third-order valence-corrected chi connectivity index (χ3v) is 5.20. The van der Waals surface area contributed by atoms with Crippen molar-refractivity contribution in [2.45, 2.75) is 51.6 Å². The van der Waals surface area contributed by atoms with Crippen LogP contribution in [0.15, 0.2) is 12.2 Å². The Morgan fingerprint density at radius 2 is 2.28 bits per heavy atom. The third-order valence-electron chi connectivity index (χ3n) is 5.20. The molecule has 0 bridgehead atoms. The summed E-state index contributed by atoms with van der Waals surface area (Å²) in [5, 5.41) is 20.3. The Bertz CT molecular complexity index is 436. The van der Waals surface area contributed by atoms with Crippen LogP contribution in [0.25, 0.3) is 0 Å². The van der Waals surface area contributed by atoms with Gasteiger partial charge in [0.2, 0.25) is 0 Å². The van der Waals surface area contributed by atoms with E-state index in [2.05, 4.69) is 12.6 Å². The molecule has 2 rings (SSSR count). The van der Waals surface area contributed by atoms with Crippen molar-refractivity contribution in [1.82, 2.24) is 0 Å². The number of hydrogen-bond donors (Lipinski definition) is 1. The summed E-state index contributed by atoms with van der Waals surface area (Å²) in [5.74, 6) is 0.0821. The van der Waals surface area contributed by atoms with E-state index in [4.69, 9.17) is 0 Å². The van der Waals surface area contributed by atoms with Crippen molar-refractivity contribution in [2.24, 2.45) is 17.3 Å². The number of carbonyl (C=O) groups is 1. The molecule has 0 heterocycles. The first-order chi connectivity index (χ1) is 8.32. The lowest BCUT2D eigenvalue weighted by molar-refractivity contribution is -0.169. The first kappa shape index (κ1) is 13.3. The summed E-state index contributed by atoms with van der Waals surface area (Å²) < 4.78 is 0. The number of Topliss-reactive ketones (excluding diaryl/α,β-unsaturated/α-hetero) is 1. The van der Waals surface area contributed by atoms with Crippen LogP contribution >= 0.6 is 0 Å². The fourth-order valence-corrected chi connectivity index (χ4v) is 3.66. The number of nitriles is 1. The SMILES string of the molecule is C=C(C)[C@H]1C[C@H](C#N)[C@@]2(C)CCC(=O)C[C@]2(O)C1. The second-order valence-electron chi connectivity index (χ2n) is 6.33. The Morgan fingerprint density at radius 3 is 2.83 bits per heavy atom. The Balaban J connectivity index is 2.39. The first-order valence-electron chi connectivity index (χ1n) is 6.61. The maximum absolute atomic E-state index is 11.7. The highest BCUT2D eigenvalue weighted by atomic mass is 16.3. The van der Waals surface area contributed by atoms with Crippen LogP contribution < -0.4 is 0 Å². The molecule has 0 aromatic heterocycles. The Labute approximate surface area is 108 Å². The zero-order chi connectivity index (χ0) is 13.6. The quantitative estimate of drug-likeness (QED) is 0.724. The van der Waals surface area contributed by atoms with E-state index in [0.717, 1.165) is 12.0 Å². The molecule has 3 heteroatoms. The number of nitrogens with zero attached hydrogens (tertiary/aromatic N) is 1. The number of carbonyl (C=O) groups excluding carboxylic acids is 1. The van der Waals surface area contributed by atoms with E-state index in [0.29, 0.717) is 19.3 Å². The highest BCUT2D eigenvalue weighted by molar-refractivity contribution is 5.80. The molecular weight excluding hydrogens is 226 g/mol. The largest absolute Gasteiger partial charge is 0.389 e. The molecular formula is C15H21NO2. The second kappa shape index (κ2) is 4.20. The molecule has 3 nitrogen and oxygen atoms in total. The fraction of sp³-hybridized carbons (Fsp3) is 0.733. The fourth-order valence-electron chi connectivity index (χ4n) is 3.66. The molecule has 0 radical (unpaired) electrons. The maximum atomic E-state index is 11.7. The standard InChI is InChI=1S/C15H21NO2/c1-10(2)11-6-12(9-16)14(3)5-4-13(17)8-15(14,18)7-11/h11-12,18H,1,4-8H2,2-3H3/t11-,12+,14+,15+/m0/s1. The van der Waals surface area contributed by atoms with Gasteiger partial charge in [-0.25, -0.2) is 0 Å². The smallest absolute Gasteiger partial charge is 0.135 e. The second-order valence-corrected chi connectivity index (χ2v) is 6.33. The predicted molar refractivity (Wildman–Crippen MR) is 68.6 cm³/mol. The van der Waals surface area contributed by atoms with Gasteiger partial charge in [0, 0.05) is 18.3 Å². The van der Waals surface area contributed by atoms with E-state index >= 15 is 0 Å². The van der Waals surface area contributed by atoms with Gasteiger partial charge in [0.1, 0.15) is 5.78 Å². The van der Waals surface area contributed by atoms with E-state index in [9.17, 15) is 15.2 Å². The molecule has 0 spiro atoms. The van der Waals surface area contributed by atoms with Gasteiger partial charge in [-0.05, 0) is 32.1 Å². The van der Waals surface area contributed by atoms with Crippen LogP contribution in [0, 0.1) is 28.6 Å². The Morgan fingerprint density at radius 1 is 1.61 bits per heavy atom.